The Kier molecular flexibility index (Phi) is 13.4. The number of esters is 1. The number of hydrogen-bond donors (Lipinski definition) is 3. The highest BCUT2D eigenvalue weighted by Crippen LogP contribution is 2.39. The topological polar surface area (TPSA) is 140 Å². The Bertz CT molecular complexity index is 1960. The van der Waals surface area contributed by atoms with E-state index in [1.807, 2.05) is 0 Å². The Morgan fingerprint density at radius 1 is 1.02 bits per heavy atom. The monoisotopic (exact) mass is 753 g/mol. The molecule has 284 valence electrons. The number of aromatic nitrogens is 1. The van der Waals surface area contributed by atoms with Crippen molar-refractivity contribution in [3.05, 3.63) is 105 Å². The first-order chi connectivity index (χ1) is 26.3. The number of carbonyl (C=O) groups is 1. The summed E-state index contributed by atoms with van der Waals surface area (Å²) in [6.07, 6.45) is 6.81. The molecule has 0 spiro atoms. The number of hydrogen-bond acceptors (Lipinski definition) is 11. The van der Waals surface area contributed by atoms with Crippen molar-refractivity contribution in [1.82, 2.24) is 15.2 Å². The van der Waals surface area contributed by atoms with Gasteiger partial charge < -0.3 is 34.2 Å². The Labute approximate surface area is 322 Å². The Morgan fingerprint density at radius 3 is 2.57 bits per heavy atom. The molecule has 4 aromatic rings. The maximum absolute atomic E-state index is 12.1. The summed E-state index contributed by atoms with van der Waals surface area (Å²) in [5.41, 5.74) is 9.02. The fourth-order valence-corrected chi connectivity index (χ4v) is 7.49. The number of likely N-dealkylation sites (tertiary alicyclic amines) is 1. The first kappa shape index (κ1) is 39.0. The summed E-state index contributed by atoms with van der Waals surface area (Å²) in [4.78, 5) is 21.2. The number of piperidine rings is 1. The SMILES string of the molecule is COC(=O)C(CO)NCc1cc(Cl)c(OCc2cccc(-c3cccc4c3CCN4CCCN3CCC(O)CC3)c2C)cc1OCc1cncc(C#N)c1. The average Bonchev–Trinajstić information content (AvgIpc) is 3.61. The van der Waals surface area contributed by atoms with Crippen molar-refractivity contribution in [2.24, 2.45) is 0 Å². The molecule has 2 aliphatic heterocycles. The molecular weight excluding hydrogens is 706 g/mol. The van der Waals surface area contributed by atoms with E-state index < -0.39 is 18.6 Å². The van der Waals surface area contributed by atoms with Crippen LogP contribution in [0, 0.1) is 18.3 Å². The third-order valence-corrected chi connectivity index (χ3v) is 10.6. The van der Waals surface area contributed by atoms with E-state index in [1.165, 1.54) is 35.7 Å². The van der Waals surface area contributed by atoms with Crippen molar-refractivity contribution in [2.45, 2.75) is 64.5 Å². The van der Waals surface area contributed by atoms with Crippen LogP contribution in [0.25, 0.3) is 11.1 Å². The van der Waals surface area contributed by atoms with Crippen molar-refractivity contribution in [1.29, 1.82) is 5.26 Å². The minimum atomic E-state index is -0.931. The second-order valence-corrected chi connectivity index (χ2v) is 14.3. The maximum Gasteiger partial charge on any atom is 0.325 e. The summed E-state index contributed by atoms with van der Waals surface area (Å²) in [7, 11) is 1.26. The van der Waals surface area contributed by atoms with Gasteiger partial charge in [-0.2, -0.15) is 5.26 Å². The van der Waals surface area contributed by atoms with Gasteiger partial charge in [-0.25, -0.2) is 0 Å². The van der Waals surface area contributed by atoms with Crippen molar-refractivity contribution in [3.8, 4) is 28.7 Å². The van der Waals surface area contributed by atoms with Gasteiger partial charge in [0.15, 0.2) is 0 Å². The molecule has 1 atom stereocenters. The van der Waals surface area contributed by atoms with Crippen molar-refractivity contribution < 1.29 is 29.2 Å². The van der Waals surface area contributed by atoms with Gasteiger partial charge in [0, 0.05) is 68.0 Å². The van der Waals surface area contributed by atoms with Crippen LogP contribution in [0.15, 0.2) is 67.0 Å². The van der Waals surface area contributed by atoms with Gasteiger partial charge in [0.1, 0.15) is 36.8 Å². The van der Waals surface area contributed by atoms with Crippen LogP contribution in [0.4, 0.5) is 5.69 Å². The second-order valence-electron chi connectivity index (χ2n) is 13.9. The van der Waals surface area contributed by atoms with Crippen LogP contribution in [0.1, 0.15) is 52.6 Å². The van der Waals surface area contributed by atoms with Crippen LogP contribution < -0.4 is 19.7 Å². The number of rotatable bonds is 16. The molecule has 1 unspecified atom stereocenters. The van der Waals surface area contributed by atoms with Crippen molar-refractivity contribution in [3.63, 3.8) is 0 Å². The van der Waals surface area contributed by atoms with E-state index in [4.69, 9.17) is 25.8 Å². The number of pyridine rings is 1. The number of nitrogens with one attached hydrogen (secondary N) is 1. The summed E-state index contributed by atoms with van der Waals surface area (Å²) in [6.45, 7) is 7.26. The largest absolute Gasteiger partial charge is 0.488 e. The highest BCUT2D eigenvalue weighted by atomic mass is 35.5. The molecule has 3 heterocycles. The molecule has 0 radical (unpaired) electrons. The number of anilines is 1. The third kappa shape index (κ3) is 9.50. The number of halogens is 1. The van der Waals surface area contributed by atoms with Crippen LogP contribution in [0.3, 0.4) is 0 Å². The van der Waals surface area contributed by atoms with Crippen LogP contribution in [-0.2, 0) is 35.7 Å². The fraction of sp³-hybridized carbons (Fsp3) is 0.405. The van der Waals surface area contributed by atoms with E-state index in [2.05, 4.69) is 69.5 Å². The zero-order chi connectivity index (χ0) is 38.0. The number of fused-ring (bicyclic) bond motifs is 1. The number of aliphatic hydroxyl groups excluding tert-OH is 2. The molecule has 12 heteroatoms. The van der Waals surface area contributed by atoms with E-state index in [1.54, 1.807) is 24.4 Å². The zero-order valence-corrected chi connectivity index (χ0v) is 31.6. The predicted molar refractivity (Wildman–Crippen MR) is 208 cm³/mol. The van der Waals surface area contributed by atoms with Gasteiger partial charge in [0.25, 0.3) is 0 Å². The highest BCUT2D eigenvalue weighted by Gasteiger charge is 2.24. The lowest BCUT2D eigenvalue weighted by molar-refractivity contribution is -0.144. The average molecular weight is 754 g/mol. The second kappa shape index (κ2) is 18.6. The number of carbonyl (C=O) groups excluding carboxylic acids is 1. The lowest BCUT2D eigenvalue weighted by Crippen LogP contribution is -2.40. The Morgan fingerprint density at radius 2 is 1.80 bits per heavy atom. The van der Waals surface area contributed by atoms with E-state index in [0.717, 1.165) is 69.5 Å². The van der Waals surface area contributed by atoms with Gasteiger partial charge in [0.2, 0.25) is 0 Å². The van der Waals surface area contributed by atoms with Crippen LogP contribution in [0.2, 0.25) is 5.02 Å². The fourth-order valence-electron chi connectivity index (χ4n) is 7.25. The smallest absolute Gasteiger partial charge is 0.325 e. The number of nitriles is 1. The molecule has 6 rings (SSSR count). The van der Waals surface area contributed by atoms with Crippen molar-refractivity contribution >= 4 is 23.3 Å². The standard InChI is InChI=1S/C42H48ClN5O6/c1-28-31(6-3-7-34(28)35-8-4-9-39-36(35)12-17-48(39)14-5-13-47-15-10-33(50)11-16-47)27-54-41-20-40(53-26-30-18-29(21-44)22-45-23-30)32(19-37(41)43)24-46-38(25-49)42(51)52-2/h3-4,6-9,18-20,22-23,33,38,46,49-50H,5,10-17,24-27H2,1-2H3. The van der Waals surface area contributed by atoms with Gasteiger partial charge >= 0.3 is 5.97 Å². The number of ether oxygens (including phenoxy) is 3. The van der Waals surface area contributed by atoms with Gasteiger partial charge in [-0.3, -0.25) is 15.1 Å². The predicted octanol–water partition coefficient (Wildman–Crippen LogP) is 5.57. The van der Waals surface area contributed by atoms with Crippen LogP contribution >= 0.6 is 11.6 Å². The summed E-state index contributed by atoms with van der Waals surface area (Å²) in [5, 5.41) is 32.2. The molecule has 0 aliphatic carbocycles. The molecule has 11 nitrogen and oxygen atoms in total. The van der Waals surface area contributed by atoms with Gasteiger partial charge in [-0.1, -0.05) is 41.9 Å². The summed E-state index contributed by atoms with van der Waals surface area (Å²) in [5.74, 6) is 0.287. The van der Waals surface area contributed by atoms with E-state index in [0.29, 0.717) is 33.2 Å². The lowest BCUT2D eigenvalue weighted by atomic mass is 9.92. The number of benzene rings is 3. The van der Waals surface area contributed by atoms with Crippen molar-refractivity contribution in [2.75, 3.05) is 51.3 Å². The minimum Gasteiger partial charge on any atom is -0.488 e. The third-order valence-electron chi connectivity index (χ3n) is 10.3. The van der Waals surface area contributed by atoms with Crippen LogP contribution in [0.5, 0.6) is 11.5 Å². The highest BCUT2D eigenvalue weighted by molar-refractivity contribution is 6.32. The number of methoxy groups -OCH3 is 1. The normalized spacial score (nSPS) is 15.1. The molecule has 2 aliphatic rings. The molecule has 0 amide bonds. The zero-order valence-electron chi connectivity index (χ0n) is 30.9. The van der Waals surface area contributed by atoms with E-state index in [9.17, 15) is 20.3 Å². The summed E-state index contributed by atoms with van der Waals surface area (Å²) < 4.78 is 17.4. The van der Waals surface area contributed by atoms with E-state index in [-0.39, 0.29) is 25.9 Å². The summed E-state index contributed by atoms with van der Waals surface area (Å²) >= 11 is 6.78. The molecule has 3 aromatic carbocycles. The first-order valence-corrected chi connectivity index (χ1v) is 18.9. The Balaban J connectivity index is 1.17. The molecule has 1 fully saturated rings. The van der Waals surface area contributed by atoms with Crippen LogP contribution in [-0.4, -0.2) is 84.7 Å². The van der Waals surface area contributed by atoms with Gasteiger partial charge in [0.05, 0.1) is 30.4 Å². The number of aliphatic hydroxyl groups is 2. The van der Waals surface area contributed by atoms with E-state index >= 15 is 0 Å². The Hall–Kier alpha value is -4.70. The first-order valence-electron chi connectivity index (χ1n) is 18.5. The molecule has 3 N–H and O–H groups in total. The van der Waals surface area contributed by atoms with Gasteiger partial charge in [-0.15, -0.1) is 0 Å². The quantitative estimate of drug-likeness (QED) is 0.124. The molecular formula is C42H48ClN5O6. The maximum atomic E-state index is 12.1. The molecule has 1 aromatic heterocycles. The molecule has 1 saturated heterocycles. The molecule has 0 saturated carbocycles. The van der Waals surface area contributed by atoms with Gasteiger partial charge in [-0.05, 0) is 85.2 Å². The summed E-state index contributed by atoms with van der Waals surface area (Å²) in [6, 6.07) is 19.2. The number of nitrogens with zero attached hydrogens (tertiary/aromatic N) is 4. The minimum absolute atomic E-state index is 0.125. The molecule has 0 bridgehead atoms. The molecule has 54 heavy (non-hydrogen) atoms. The lowest BCUT2D eigenvalue weighted by Gasteiger charge is -2.30.